The van der Waals surface area contributed by atoms with E-state index < -0.39 is 10.0 Å². The summed E-state index contributed by atoms with van der Waals surface area (Å²) in [6, 6.07) is 17.4. The van der Waals surface area contributed by atoms with Gasteiger partial charge in [-0.25, -0.2) is 8.42 Å². The molecule has 170 valence electrons. The standard InChI is InChI=1S/C26H25ClN2O2S2/c1-32-22-7-9-23(10-8-22)33(30,31)29-15-12-18(13-16-29)25-24-11-6-21(27)17-20(24)5-4-19-3-2-14-28-26(19)25/h2-3,6-11,14,17H,4-5,12-13,15-16H2,1H3. The first kappa shape index (κ1) is 22.7. The summed E-state index contributed by atoms with van der Waals surface area (Å²) in [4.78, 5) is 6.18. The number of piperidine rings is 1. The van der Waals surface area contributed by atoms with Crippen molar-refractivity contribution < 1.29 is 8.42 Å². The van der Waals surface area contributed by atoms with Crippen molar-refractivity contribution in [3.63, 3.8) is 0 Å². The van der Waals surface area contributed by atoms with E-state index in [4.69, 9.17) is 16.6 Å². The molecule has 0 N–H and O–H groups in total. The van der Waals surface area contributed by atoms with Crippen LogP contribution in [0.15, 0.2) is 76.2 Å². The molecule has 0 spiro atoms. The minimum absolute atomic E-state index is 0.359. The number of aryl methyl sites for hydroxylation is 2. The highest BCUT2D eigenvalue weighted by Gasteiger charge is 2.30. The highest BCUT2D eigenvalue weighted by Crippen LogP contribution is 2.39. The molecule has 1 aromatic heterocycles. The minimum Gasteiger partial charge on any atom is -0.256 e. The second-order valence-corrected chi connectivity index (χ2v) is 11.6. The molecule has 4 nitrogen and oxygen atoms in total. The van der Waals surface area contributed by atoms with Crippen molar-refractivity contribution in [1.82, 2.24) is 9.29 Å². The maximum Gasteiger partial charge on any atom is 0.243 e. The number of aromatic nitrogens is 1. The number of hydrogen-bond acceptors (Lipinski definition) is 4. The summed E-state index contributed by atoms with van der Waals surface area (Å²) in [5, 5.41) is 0.741. The number of nitrogens with zero attached hydrogens (tertiary/aromatic N) is 2. The lowest BCUT2D eigenvalue weighted by atomic mass is 9.89. The van der Waals surface area contributed by atoms with E-state index in [2.05, 4.69) is 18.2 Å². The maximum atomic E-state index is 13.2. The number of sulfonamides is 1. The normalized spacial score (nSPS) is 16.8. The lowest BCUT2D eigenvalue weighted by molar-refractivity contribution is 0.387. The summed E-state index contributed by atoms with van der Waals surface area (Å²) in [5.41, 5.74) is 7.09. The van der Waals surface area contributed by atoms with Gasteiger partial charge in [0.1, 0.15) is 0 Å². The molecule has 33 heavy (non-hydrogen) atoms. The molecule has 3 aromatic rings. The Hall–Kier alpha value is -2.12. The molecule has 1 saturated heterocycles. The fourth-order valence-corrected chi connectivity index (χ4v) is 6.82. The quantitative estimate of drug-likeness (QED) is 0.427. The summed E-state index contributed by atoms with van der Waals surface area (Å²) in [7, 11) is -3.51. The lowest BCUT2D eigenvalue weighted by Gasteiger charge is -2.29. The average molecular weight is 497 g/mol. The molecular weight excluding hydrogens is 472 g/mol. The summed E-state index contributed by atoms with van der Waals surface area (Å²) in [5.74, 6) is 0. The van der Waals surface area contributed by atoms with Crippen molar-refractivity contribution in [2.45, 2.75) is 35.5 Å². The molecule has 0 unspecified atom stereocenters. The molecule has 0 bridgehead atoms. The molecule has 7 heteroatoms. The molecule has 0 radical (unpaired) electrons. The highest BCUT2D eigenvalue weighted by atomic mass is 35.5. The third-order valence-corrected chi connectivity index (χ3v) is 9.40. The molecule has 5 rings (SSSR count). The molecule has 1 aliphatic carbocycles. The molecule has 1 fully saturated rings. The Bertz CT molecular complexity index is 1320. The summed E-state index contributed by atoms with van der Waals surface area (Å²) in [6.07, 6.45) is 7.04. The number of halogens is 1. The van der Waals surface area contributed by atoms with Crippen LogP contribution < -0.4 is 0 Å². The highest BCUT2D eigenvalue weighted by molar-refractivity contribution is 7.98. The van der Waals surface area contributed by atoms with Crippen LogP contribution >= 0.6 is 23.4 Å². The van der Waals surface area contributed by atoms with Gasteiger partial charge in [0.2, 0.25) is 10.0 Å². The van der Waals surface area contributed by atoms with Crippen molar-refractivity contribution >= 4 is 39.0 Å². The Morgan fingerprint density at radius 2 is 1.67 bits per heavy atom. The van der Waals surface area contributed by atoms with E-state index in [1.54, 1.807) is 28.2 Å². The van der Waals surface area contributed by atoms with E-state index in [0.29, 0.717) is 30.8 Å². The van der Waals surface area contributed by atoms with Crippen molar-refractivity contribution in [2.75, 3.05) is 19.3 Å². The molecular formula is C26H25ClN2O2S2. The van der Waals surface area contributed by atoms with Gasteiger partial charge in [-0.05, 0) is 91.1 Å². The number of thioether (sulfide) groups is 1. The minimum atomic E-state index is -3.51. The van der Waals surface area contributed by atoms with E-state index in [1.807, 2.05) is 36.7 Å². The largest absolute Gasteiger partial charge is 0.256 e. The second kappa shape index (κ2) is 9.26. The zero-order valence-electron chi connectivity index (χ0n) is 18.4. The van der Waals surface area contributed by atoms with Crippen LogP contribution in [0.1, 0.15) is 35.2 Å². The third kappa shape index (κ3) is 4.37. The fourth-order valence-electron chi connectivity index (χ4n) is 4.78. The fraction of sp³-hybridized carbons (Fsp3) is 0.269. The monoisotopic (exact) mass is 496 g/mol. The van der Waals surface area contributed by atoms with Crippen LogP contribution in [0.3, 0.4) is 0 Å². The summed E-state index contributed by atoms with van der Waals surface area (Å²) >= 11 is 7.92. The first-order chi connectivity index (χ1) is 16.0. The maximum absolute atomic E-state index is 13.2. The van der Waals surface area contributed by atoms with Crippen LogP contribution in [0.5, 0.6) is 0 Å². The van der Waals surface area contributed by atoms with Gasteiger partial charge in [0, 0.05) is 34.8 Å². The Labute approximate surface area is 204 Å². The number of benzene rings is 2. The first-order valence-electron chi connectivity index (χ1n) is 11.1. The number of fused-ring (bicyclic) bond motifs is 2. The number of hydrogen-bond donors (Lipinski definition) is 0. The van der Waals surface area contributed by atoms with Crippen molar-refractivity contribution in [2.24, 2.45) is 0 Å². The molecule has 0 saturated carbocycles. The summed E-state index contributed by atoms with van der Waals surface area (Å²) in [6.45, 7) is 0.938. The van der Waals surface area contributed by atoms with Crippen LogP contribution in [0.25, 0.3) is 5.57 Å². The molecule has 2 aliphatic rings. The smallest absolute Gasteiger partial charge is 0.243 e. The summed E-state index contributed by atoms with van der Waals surface area (Å²) < 4.78 is 28.1. The van der Waals surface area contributed by atoms with Crippen molar-refractivity contribution in [3.8, 4) is 0 Å². The van der Waals surface area contributed by atoms with Gasteiger partial charge in [0.25, 0.3) is 0 Å². The van der Waals surface area contributed by atoms with Crippen LogP contribution in [0, 0.1) is 0 Å². The molecule has 1 aliphatic heterocycles. The average Bonchev–Trinajstić information content (AvgIpc) is 3.01. The van der Waals surface area contributed by atoms with Crippen LogP contribution in [0.4, 0.5) is 0 Å². The Balaban J connectivity index is 1.50. The van der Waals surface area contributed by atoms with Crippen molar-refractivity contribution in [1.29, 1.82) is 0 Å². The van der Waals surface area contributed by atoms with Gasteiger partial charge in [-0.3, -0.25) is 4.98 Å². The molecule has 0 amide bonds. The Kier molecular flexibility index (Phi) is 6.36. The van der Waals surface area contributed by atoms with E-state index in [1.165, 1.54) is 22.3 Å². The predicted octanol–water partition coefficient (Wildman–Crippen LogP) is 5.84. The zero-order chi connectivity index (χ0) is 23.0. The predicted molar refractivity (Wildman–Crippen MR) is 135 cm³/mol. The third-order valence-electron chi connectivity index (χ3n) is 6.51. The second-order valence-electron chi connectivity index (χ2n) is 8.37. The van der Waals surface area contributed by atoms with E-state index in [-0.39, 0.29) is 0 Å². The van der Waals surface area contributed by atoms with Crippen LogP contribution in [0.2, 0.25) is 5.02 Å². The topological polar surface area (TPSA) is 50.3 Å². The van der Waals surface area contributed by atoms with Gasteiger partial charge in [0.15, 0.2) is 0 Å². The van der Waals surface area contributed by atoms with Gasteiger partial charge in [-0.15, -0.1) is 11.8 Å². The van der Waals surface area contributed by atoms with Crippen molar-refractivity contribution in [3.05, 3.63) is 93.8 Å². The number of pyridine rings is 1. The first-order valence-corrected chi connectivity index (χ1v) is 14.1. The zero-order valence-corrected chi connectivity index (χ0v) is 20.8. The SMILES string of the molecule is CSc1ccc(S(=O)(=O)N2CCC(=C3c4ccc(Cl)cc4CCc4cccnc43)CC2)cc1. The van der Waals surface area contributed by atoms with E-state index in [0.717, 1.165) is 34.0 Å². The van der Waals surface area contributed by atoms with E-state index in [9.17, 15) is 8.42 Å². The van der Waals surface area contributed by atoms with Crippen LogP contribution in [-0.2, 0) is 22.9 Å². The number of rotatable bonds is 3. The van der Waals surface area contributed by atoms with Gasteiger partial charge in [-0.2, -0.15) is 4.31 Å². The molecule has 2 aromatic carbocycles. The Morgan fingerprint density at radius 3 is 2.39 bits per heavy atom. The van der Waals surface area contributed by atoms with Gasteiger partial charge in [0.05, 0.1) is 10.6 Å². The van der Waals surface area contributed by atoms with Gasteiger partial charge < -0.3 is 0 Å². The Morgan fingerprint density at radius 1 is 0.939 bits per heavy atom. The molecule has 0 atom stereocenters. The van der Waals surface area contributed by atoms with Crippen LogP contribution in [-0.4, -0.2) is 37.1 Å². The van der Waals surface area contributed by atoms with Gasteiger partial charge >= 0.3 is 0 Å². The molecule has 2 heterocycles. The lowest BCUT2D eigenvalue weighted by Crippen LogP contribution is -2.36. The van der Waals surface area contributed by atoms with E-state index >= 15 is 0 Å². The van der Waals surface area contributed by atoms with Gasteiger partial charge in [-0.1, -0.05) is 29.3 Å².